The number of aliphatic hydroxyl groups is 1. The predicted octanol–water partition coefficient (Wildman–Crippen LogP) is 3.28. The third kappa shape index (κ3) is 3.46. The molecular formula is C16H21NO2. The first-order chi connectivity index (χ1) is 9.08. The molecule has 1 aromatic heterocycles. The Morgan fingerprint density at radius 3 is 2.63 bits per heavy atom. The summed E-state index contributed by atoms with van der Waals surface area (Å²) >= 11 is 0. The van der Waals surface area contributed by atoms with Crippen LogP contribution in [0.25, 0.3) is 0 Å². The van der Waals surface area contributed by atoms with Crippen molar-refractivity contribution >= 4 is 0 Å². The quantitative estimate of drug-likeness (QED) is 0.866. The molecule has 1 aromatic carbocycles. The zero-order chi connectivity index (χ0) is 13.8. The molecule has 3 heteroatoms. The van der Waals surface area contributed by atoms with Crippen molar-refractivity contribution in [3.8, 4) is 0 Å². The van der Waals surface area contributed by atoms with E-state index in [2.05, 4.69) is 44.3 Å². The molecule has 0 unspecified atom stereocenters. The first-order valence-corrected chi connectivity index (χ1v) is 6.60. The van der Waals surface area contributed by atoms with Crippen molar-refractivity contribution in [3.05, 3.63) is 59.0 Å². The maximum atomic E-state index is 9.95. The van der Waals surface area contributed by atoms with Crippen LogP contribution in [0.5, 0.6) is 0 Å². The van der Waals surface area contributed by atoms with Crippen molar-refractivity contribution in [1.29, 1.82) is 0 Å². The first-order valence-electron chi connectivity index (χ1n) is 6.60. The molecule has 102 valence electrons. The summed E-state index contributed by atoms with van der Waals surface area (Å²) in [5, 5.41) is 13.3. The lowest BCUT2D eigenvalue weighted by Crippen LogP contribution is -2.24. The Morgan fingerprint density at radius 1 is 1.21 bits per heavy atom. The smallest absolute Gasteiger partial charge is 0.133 e. The van der Waals surface area contributed by atoms with Crippen LogP contribution < -0.4 is 5.32 Å². The molecule has 0 aliphatic carbocycles. The van der Waals surface area contributed by atoms with E-state index in [4.69, 9.17) is 4.42 Å². The third-order valence-electron chi connectivity index (χ3n) is 3.52. The minimum absolute atomic E-state index is 0.198. The summed E-state index contributed by atoms with van der Waals surface area (Å²) in [6.45, 7) is 6.79. The maximum Gasteiger partial charge on any atom is 0.133 e. The summed E-state index contributed by atoms with van der Waals surface area (Å²) < 4.78 is 5.18. The number of furan rings is 1. The van der Waals surface area contributed by atoms with Crippen molar-refractivity contribution in [1.82, 2.24) is 5.32 Å². The molecule has 0 fully saturated rings. The van der Waals surface area contributed by atoms with Gasteiger partial charge in [0.2, 0.25) is 0 Å². The summed E-state index contributed by atoms with van der Waals surface area (Å²) in [6, 6.07) is 10.2. The van der Waals surface area contributed by atoms with E-state index in [1.54, 1.807) is 18.4 Å². The van der Waals surface area contributed by atoms with Crippen molar-refractivity contribution in [2.24, 2.45) is 0 Å². The second kappa shape index (κ2) is 6.04. The average molecular weight is 259 g/mol. The second-order valence-electron chi connectivity index (χ2n) is 5.00. The number of nitrogens with one attached hydrogen (secondary N) is 1. The molecule has 2 N–H and O–H groups in total. The average Bonchev–Trinajstić information content (AvgIpc) is 2.92. The number of benzene rings is 1. The van der Waals surface area contributed by atoms with Gasteiger partial charge in [-0.1, -0.05) is 18.2 Å². The molecule has 2 aromatic rings. The predicted molar refractivity (Wildman–Crippen MR) is 76.0 cm³/mol. The minimum Gasteiger partial charge on any atom is -0.467 e. The fourth-order valence-electron chi connectivity index (χ4n) is 2.02. The van der Waals surface area contributed by atoms with Gasteiger partial charge in [0.15, 0.2) is 0 Å². The Labute approximate surface area is 114 Å². The molecule has 0 saturated carbocycles. The van der Waals surface area contributed by atoms with Crippen LogP contribution in [0.1, 0.15) is 41.5 Å². The van der Waals surface area contributed by atoms with Gasteiger partial charge in [-0.2, -0.15) is 0 Å². The van der Waals surface area contributed by atoms with Gasteiger partial charge >= 0.3 is 0 Å². The van der Waals surface area contributed by atoms with Gasteiger partial charge in [0.05, 0.1) is 6.26 Å². The summed E-state index contributed by atoms with van der Waals surface area (Å²) in [6.07, 6.45) is 0.967. The molecule has 0 saturated heterocycles. The van der Waals surface area contributed by atoms with Crippen molar-refractivity contribution < 1.29 is 9.52 Å². The van der Waals surface area contributed by atoms with E-state index >= 15 is 0 Å². The molecule has 0 aliphatic heterocycles. The molecule has 0 bridgehead atoms. The lowest BCUT2D eigenvalue weighted by atomic mass is 10.0. The molecule has 0 amide bonds. The molecule has 19 heavy (non-hydrogen) atoms. The normalized spacial score (nSPS) is 14.3. The fraction of sp³-hybridized carbons (Fsp3) is 0.375. The molecular weight excluding hydrogens is 238 g/mol. The highest BCUT2D eigenvalue weighted by atomic mass is 16.4. The van der Waals surface area contributed by atoms with E-state index in [1.807, 2.05) is 0 Å². The Hall–Kier alpha value is -1.58. The largest absolute Gasteiger partial charge is 0.467 e. The van der Waals surface area contributed by atoms with Crippen LogP contribution in [-0.4, -0.2) is 11.7 Å². The molecule has 0 spiro atoms. The number of hydrogen-bond donors (Lipinski definition) is 2. The summed E-state index contributed by atoms with van der Waals surface area (Å²) in [7, 11) is 0. The highest BCUT2D eigenvalue weighted by Gasteiger charge is 2.12. The van der Waals surface area contributed by atoms with Crippen LogP contribution in [0.15, 0.2) is 41.0 Å². The number of rotatable bonds is 5. The highest BCUT2D eigenvalue weighted by molar-refractivity contribution is 5.31. The van der Waals surface area contributed by atoms with Crippen molar-refractivity contribution in [3.63, 3.8) is 0 Å². The van der Waals surface area contributed by atoms with Crippen molar-refractivity contribution in [2.75, 3.05) is 6.54 Å². The Kier molecular flexibility index (Phi) is 4.40. The van der Waals surface area contributed by atoms with E-state index in [0.717, 1.165) is 0 Å². The molecule has 2 rings (SSSR count). The van der Waals surface area contributed by atoms with E-state index in [-0.39, 0.29) is 6.04 Å². The number of hydrogen-bond acceptors (Lipinski definition) is 3. The van der Waals surface area contributed by atoms with Crippen LogP contribution in [0.2, 0.25) is 0 Å². The molecule has 0 aliphatic rings. The second-order valence-corrected chi connectivity index (χ2v) is 5.00. The van der Waals surface area contributed by atoms with Gasteiger partial charge in [-0.25, -0.2) is 0 Å². The number of aryl methyl sites for hydroxylation is 2. The first kappa shape index (κ1) is 13.8. The van der Waals surface area contributed by atoms with Crippen molar-refractivity contribution in [2.45, 2.75) is 32.9 Å². The maximum absolute atomic E-state index is 9.95. The van der Waals surface area contributed by atoms with Crippen LogP contribution in [-0.2, 0) is 0 Å². The molecule has 3 nitrogen and oxygen atoms in total. The van der Waals surface area contributed by atoms with Gasteiger partial charge in [0.25, 0.3) is 0 Å². The van der Waals surface area contributed by atoms with Gasteiger partial charge in [-0.3, -0.25) is 0 Å². The van der Waals surface area contributed by atoms with Gasteiger partial charge in [-0.15, -0.1) is 0 Å². The summed E-state index contributed by atoms with van der Waals surface area (Å²) in [5.41, 5.74) is 3.82. The zero-order valence-electron chi connectivity index (χ0n) is 11.7. The van der Waals surface area contributed by atoms with Crippen LogP contribution >= 0.6 is 0 Å². The Balaban J connectivity index is 1.93. The zero-order valence-corrected chi connectivity index (χ0v) is 11.7. The topological polar surface area (TPSA) is 45.4 Å². The number of aliphatic hydroxyl groups excluding tert-OH is 1. The SMILES string of the molecule is Cc1ccc([C@H](C)NC[C@@H](O)c2ccco2)cc1C. The summed E-state index contributed by atoms with van der Waals surface area (Å²) in [4.78, 5) is 0. The van der Waals surface area contributed by atoms with Gasteiger partial charge < -0.3 is 14.8 Å². The lowest BCUT2D eigenvalue weighted by molar-refractivity contribution is 0.144. The fourth-order valence-corrected chi connectivity index (χ4v) is 2.02. The third-order valence-corrected chi connectivity index (χ3v) is 3.52. The summed E-state index contributed by atoms with van der Waals surface area (Å²) in [5.74, 6) is 0.597. The molecule has 1 heterocycles. The van der Waals surface area contributed by atoms with E-state index in [9.17, 15) is 5.11 Å². The molecule has 2 atom stereocenters. The van der Waals surface area contributed by atoms with Crippen LogP contribution in [0.4, 0.5) is 0 Å². The Morgan fingerprint density at radius 2 is 2.00 bits per heavy atom. The van der Waals surface area contributed by atoms with Gasteiger partial charge in [-0.05, 0) is 49.6 Å². The van der Waals surface area contributed by atoms with Gasteiger partial charge in [0, 0.05) is 12.6 Å². The van der Waals surface area contributed by atoms with Crippen LogP contribution in [0.3, 0.4) is 0 Å². The van der Waals surface area contributed by atoms with Gasteiger partial charge in [0.1, 0.15) is 11.9 Å². The van der Waals surface area contributed by atoms with E-state index in [1.165, 1.54) is 16.7 Å². The standard InChI is InChI=1S/C16H21NO2/c1-11-6-7-14(9-12(11)2)13(3)17-10-15(18)16-5-4-8-19-16/h4-9,13,15,17-18H,10H2,1-3H3/t13-,15+/m0/s1. The monoisotopic (exact) mass is 259 g/mol. The Bertz CT molecular complexity index is 520. The minimum atomic E-state index is -0.607. The van der Waals surface area contributed by atoms with Crippen LogP contribution in [0, 0.1) is 13.8 Å². The van der Waals surface area contributed by atoms with E-state index in [0.29, 0.717) is 12.3 Å². The highest BCUT2D eigenvalue weighted by Crippen LogP contribution is 2.18. The lowest BCUT2D eigenvalue weighted by Gasteiger charge is -2.17. The van der Waals surface area contributed by atoms with E-state index < -0.39 is 6.10 Å². The molecule has 0 radical (unpaired) electrons.